The molecular weight excluding hydrogens is 184 g/mol. The fourth-order valence-electron chi connectivity index (χ4n) is 1.46. The molecule has 2 unspecified atom stereocenters. The summed E-state index contributed by atoms with van der Waals surface area (Å²) in [6.07, 6.45) is 1.24. The molecule has 0 aliphatic carbocycles. The predicted octanol–water partition coefficient (Wildman–Crippen LogP) is 1.04. The van der Waals surface area contributed by atoms with E-state index >= 15 is 0 Å². The lowest BCUT2D eigenvalue weighted by atomic mass is 9.95. The molecule has 13 heavy (non-hydrogen) atoms. The molecule has 0 aromatic heterocycles. The topological polar surface area (TPSA) is 33.3 Å². The average molecular weight is 202 g/mol. The van der Waals surface area contributed by atoms with Gasteiger partial charge in [0.15, 0.2) is 5.11 Å². The number of rotatable bonds is 2. The Bertz CT molecular complexity index is 198. The summed E-state index contributed by atoms with van der Waals surface area (Å²) < 4.78 is 5.50. The van der Waals surface area contributed by atoms with Gasteiger partial charge in [0, 0.05) is 13.2 Å². The first-order valence-corrected chi connectivity index (χ1v) is 5.17. The standard InChI is InChI=1S/C9H18N2OS/c1-4-10-8(13)11-9(3)5-6-12-7(9)2/h7H,4-6H2,1-3H3,(H2,10,11,13). The van der Waals surface area contributed by atoms with E-state index in [1.54, 1.807) is 0 Å². The van der Waals surface area contributed by atoms with Crippen LogP contribution < -0.4 is 10.6 Å². The Balaban J connectivity index is 2.46. The van der Waals surface area contributed by atoms with Gasteiger partial charge in [0.05, 0.1) is 11.6 Å². The first-order valence-electron chi connectivity index (χ1n) is 4.76. The zero-order valence-corrected chi connectivity index (χ0v) is 9.33. The van der Waals surface area contributed by atoms with Crippen molar-refractivity contribution >= 4 is 17.3 Å². The fraction of sp³-hybridized carbons (Fsp3) is 0.889. The van der Waals surface area contributed by atoms with E-state index in [-0.39, 0.29) is 11.6 Å². The van der Waals surface area contributed by atoms with Crippen LogP contribution in [0.15, 0.2) is 0 Å². The zero-order chi connectivity index (χ0) is 9.90. The summed E-state index contributed by atoms with van der Waals surface area (Å²) in [5.74, 6) is 0. The highest BCUT2D eigenvalue weighted by Crippen LogP contribution is 2.24. The van der Waals surface area contributed by atoms with Crippen LogP contribution in [0.1, 0.15) is 27.2 Å². The SMILES string of the molecule is CCNC(=S)NC1(C)CCOC1C. The third kappa shape index (κ3) is 2.54. The Labute approximate surface area is 85.2 Å². The number of hydrogen-bond acceptors (Lipinski definition) is 2. The van der Waals surface area contributed by atoms with Gasteiger partial charge < -0.3 is 15.4 Å². The molecule has 0 saturated carbocycles. The summed E-state index contributed by atoms with van der Waals surface area (Å²) in [6.45, 7) is 7.93. The molecule has 3 nitrogen and oxygen atoms in total. The van der Waals surface area contributed by atoms with Crippen LogP contribution in [0.25, 0.3) is 0 Å². The largest absolute Gasteiger partial charge is 0.376 e. The van der Waals surface area contributed by atoms with Gasteiger partial charge in [0.1, 0.15) is 0 Å². The van der Waals surface area contributed by atoms with Crippen molar-refractivity contribution in [1.82, 2.24) is 10.6 Å². The summed E-state index contributed by atoms with van der Waals surface area (Å²) in [5.41, 5.74) is -0.000741. The lowest BCUT2D eigenvalue weighted by Crippen LogP contribution is -2.53. The van der Waals surface area contributed by atoms with Gasteiger partial charge >= 0.3 is 0 Å². The number of thiocarbonyl (C=S) groups is 1. The first kappa shape index (κ1) is 10.7. The monoisotopic (exact) mass is 202 g/mol. The van der Waals surface area contributed by atoms with E-state index in [1.165, 1.54) is 0 Å². The van der Waals surface area contributed by atoms with E-state index in [1.807, 2.05) is 6.92 Å². The minimum absolute atomic E-state index is 0.000741. The third-order valence-corrected chi connectivity index (χ3v) is 2.87. The van der Waals surface area contributed by atoms with Crippen molar-refractivity contribution in [1.29, 1.82) is 0 Å². The zero-order valence-electron chi connectivity index (χ0n) is 8.52. The number of nitrogens with one attached hydrogen (secondary N) is 2. The molecule has 0 bridgehead atoms. The third-order valence-electron chi connectivity index (χ3n) is 2.62. The Kier molecular flexibility index (Phi) is 3.50. The summed E-state index contributed by atoms with van der Waals surface area (Å²) in [6, 6.07) is 0. The lowest BCUT2D eigenvalue weighted by molar-refractivity contribution is 0.0947. The number of hydrogen-bond donors (Lipinski definition) is 2. The van der Waals surface area contributed by atoms with Gasteiger partial charge in [-0.25, -0.2) is 0 Å². The second kappa shape index (κ2) is 4.24. The second-order valence-electron chi connectivity index (χ2n) is 3.66. The van der Waals surface area contributed by atoms with Gasteiger partial charge in [-0.3, -0.25) is 0 Å². The van der Waals surface area contributed by atoms with Crippen molar-refractivity contribution in [3.63, 3.8) is 0 Å². The summed E-state index contributed by atoms with van der Waals surface area (Å²) in [5, 5.41) is 7.11. The molecule has 0 aromatic rings. The Hall–Kier alpha value is -0.350. The fourth-order valence-corrected chi connectivity index (χ4v) is 1.84. The van der Waals surface area contributed by atoms with Crippen LogP contribution in [0.5, 0.6) is 0 Å². The molecule has 76 valence electrons. The van der Waals surface area contributed by atoms with Crippen molar-refractivity contribution in [3.05, 3.63) is 0 Å². The van der Waals surface area contributed by atoms with Crippen LogP contribution in [-0.4, -0.2) is 29.9 Å². The van der Waals surface area contributed by atoms with E-state index in [0.717, 1.165) is 24.7 Å². The maximum absolute atomic E-state index is 5.50. The predicted molar refractivity (Wildman–Crippen MR) is 57.8 cm³/mol. The molecule has 2 atom stereocenters. The number of ether oxygens (including phenoxy) is 1. The van der Waals surface area contributed by atoms with Gasteiger partial charge in [-0.15, -0.1) is 0 Å². The minimum Gasteiger partial charge on any atom is -0.376 e. The summed E-state index contributed by atoms with van der Waals surface area (Å²) in [4.78, 5) is 0. The Morgan fingerprint density at radius 1 is 1.69 bits per heavy atom. The molecule has 1 rings (SSSR count). The van der Waals surface area contributed by atoms with E-state index in [2.05, 4.69) is 24.5 Å². The first-order chi connectivity index (χ1) is 6.08. The highest BCUT2D eigenvalue weighted by molar-refractivity contribution is 7.80. The van der Waals surface area contributed by atoms with Crippen LogP contribution in [0.3, 0.4) is 0 Å². The maximum atomic E-state index is 5.50. The molecule has 1 heterocycles. The van der Waals surface area contributed by atoms with E-state index in [9.17, 15) is 0 Å². The van der Waals surface area contributed by atoms with Crippen molar-refractivity contribution in [3.8, 4) is 0 Å². The van der Waals surface area contributed by atoms with E-state index in [0.29, 0.717) is 0 Å². The van der Waals surface area contributed by atoms with E-state index in [4.69, 9.17) is 17.0 Å². The van der Waals surface area contributed by atoms with Crippen LogP contribution in [0, 0.1) is 0 Å². The average Bonchev–Trinajstić information content (AvgIpc) is 2.32. The normalized spacial score (nSPS) is 33.0. The smallest absolute Gasteiger partial charge is 0.166 e. The van der Waals surface area contributed by atoms with Crippen LogP contribution in [0.2, 0.25) is 0 Å². The molecule has 2 N–H and O–H groups in total. The van der Waals surface area contributed by atoms with Crippen molar-refractivity contribution < 1.29 is 4.74 Å². The molecule has 1 fully saturated rings. The quantitative estimate of drug-likeness (QED) is 0.656. The van der Waals surface area contributed by atoms with Crippen LogP contribution >= 0.6 is 12.2 Å². The Morgan fingerprint density at radius 2 is 2.38 bits per heavy atom. The summed E-state index contributed by atoms with van der Waals surface area (Å²) >= 11 is 5.14. The Morgan fingerprint density at radius 3 is 2.85 bits per heavy atom. The molecule has 4 heteroatoms. The molecule has 1 aliphatic heterocycles. The van der Waals surface area contributed by atoms with Crippen molar-refractivity contribution in [2.45, 2.75) is 38.8 Å². The van der Waals surface area contributed by atoms with Gasteiger partial charge in [0.25, 0.3) is 0 Å². The molecule has 1 aliphatic rings. The molecule has 0 aromatic carbocycles. The van der Waals surface area contributed by atoms with Gasteiger partial charge in [-0.05, 0) is 39.4 Å². The van der Waals surface area contributed by atoms with Crippen LogP contribution in [0.4, 0.5) is 0 Å². The van der Waals surface area contributed by atoms with Crippen molar-refractivity contribution in [2.24, 2.45) is 0 Å². The van der Waals surface area contributed by atoms with Gasteiger partial charge in [-0.1, -0.05) is 0 Å². The van der Waals surface area contributed by atoms with Gasteiger partial charge in [-0.2, -0.15) is 0 Å². The van der Waals surface area contributed by atoms with E-state index < -0.39 is 0 Å². The summed E-state index contributed by atoms with van der Waals surface area (Å²) in [7, 11) is 0. The van der Waals surface area contributed by atoms with Crippen LogP contribution in [-0.2, 0) is 4.74 Å². The lowest BCUT2D eigenvalue weighted by Gasteiger charge is -2.30. The van der Waals surface area contributed by atoms with Crippen molar-refractivity contribution in [2.75, 3.05) is 13.2 Å². The highest BCUT2D eigenvalue weighted by atomic mass is 32.1. The minimum atomic E-state index is -0.000741. The molecule has 1 saturated heterocycles. The second-order valence-corrected chi connectivity index (χ2v) is 4.07. The highest BCUT2D eigenvalue weighted by Gasteiger charge is 2.37. The molecular formula is C9H18N2OS. The molecule has 0 amide bonds. The van der Waals surface area contributed by atoms with Gasteiger partial charge in [0.2, 0.25) is 0 Å². The molecule has 0 radical (unpaired) electrons. The maximum Gasteiger partial charge on any atom is 0.166 e. The molecule has 0 spiro atoms.